The Kier molecular flexibility index (Phi) is 1.42. The topological polar surface area (TPSA) is 0 Å². The maximum atomic E-state index is 2.58. The summed E-state index contributed by atoms with van der Waals surface area (Å²) in [6, 6.07) is 0. The molecule has 2 unspecified atom stereocenters. The highest BCUT2D eigenvalue weighted by Crippen LogP contribution is 2.60. The van der Waals surface area contributed by atoms with Crippen molar-refractivity contribution in [3.63, 3.8) is 0 Å². The lowest BCUT2D eigenvalue weighted by Crippen LogP contribution is -2.26. The SMILES string of the molecule is C1=C2CCCC23CCCC3CC1. The Hall–Kier alpha value is -0.260. The fourth-order valence-corrected chi connectivity index (χ4v) is 4.08. The van der Waals surface area contributed by atoms with Gasteiger partial charge in [-0.1, -0.05) is 18.1 Å². The summed E-state index contributed by atoms with van der Waals surface area (Å²) in [6.45, 7) is 0. The van der Waals surface area contributed by atoms with Crippen molar-refractivity contribution in [2.75, 3.05) is 0 Å². The van der Waals surface area contributed by atoms with Gasteiger partial charge in [-0.15, -0.1) is 0 Å². The molecular formula is C12H18. The van der Waals surface area contributed by atoms with E-state index in [-0.39, 0.29) is 0 Å². The summed E-state index contributed by atoms with van der Waals surface area (Å²) in [5, 5.41) is 0. The van der Waals surface area contributed by atoms with Gasteiger partial charge >= 0.3 is 0 Å². The van der Waals surface area contributed by atoms with Gasteiger partial charge in [0.15, 0.2) is 0 Å². The van der Waals surface area contributed by atoms with Crippen molar-refractivity contribution < 1.29 is 0 Å². The zero-order chi connectivity index (χ0) is 8.02. The molecule has 0 amide bonds. The van der Waals surface area contributed by atoms with E-state index in [1.54, 1.807) is 0 Å². The van der Waals surface area contributed by atoms with Crippen molar-refractivity contribution >= 4 is 0 Å². The fourth-order valence-electron chi connectivity index (χ4n) is 4.08. The summed E-state index contributed by atoms with van der Waals surface area (Å²) in [6.07, 6.45) is 14.5. The zero-order valence-electron chi connectivity index (χ0n) is 7.81. The zero-order valence-corrected chi connectivity index (χ0v) is 7.81. The molecule has 0 bridgehead atoms. The normalized spacial score (nSPS) is 45.3. The average molecular weight is 162 g/mol. The predicted octanol–water partition coefficient (Wildman–Crippen LogP) is 3.68. The smallest absolute Gasteiger partial charge is 0.00596 e. The average Bonchev–Trinajstić information content (AvgIpc) is 2.63. The lowest BCUT2D eigenvalue weighted by Gasteiger charge is -2.36. The molecule has 0 aromatic heterocycles. The number of allylic oxidation sites excluding steroid dienone is 2. The van der Waals surface area contributed by atoms with Crippen molar-refractivity contribution in [2.45, 2.75) is 51.4 Å². The number of hydrogen-bond donors (Lipinski definition) is 0. The van der Waals surface area contributed by atoms with E-state index in [9.17, 15) is 0 Å². The summed E-state index contributed by atoms with van der Waals surface area (Å²) in [5.74, 6) is 1.10. The second-order valence-electron chi connectivity index (χ2n) is 4.91. The molecule has 0 nitrogen and oxygen atoms in total. The monoisotopic (exact) mass is 162 g/mol. The molecule has 0 aliphatic heterocycles. The first-order valence-electron chi connectivity index (χ1n) is 5.61. The van der Waals surface area contributed by atoms with Gasteiger partial charge in [0.2, 0.25) is 0 Å². The first-order valence-corrected chi connectivity index (χ1v) is 5.61. The first kappa shape index (κ1) is 7.17. The Balaban J connectivity index is 2.04. The lowest BCUT2D eigenvalue weighted by molar-refractivity contribution is 0.236. The fraction of sp³-hybridized carbons (Fsp3) is 0.833. The minimum Gasteiger partial charge on any atom is -0.0847 e. The van der Waals surface area contributed by atoms with Gasteiger partial charge in [0, 0.05) is 0 Å². The highest BCUT2D eigenvalue weighted by Gasteiger charge is 2.48. The van der Waals surface area contributed by atoms with Crippen LogP contribution in [0.25, 0.3) is 0 Å². The molecule has 3 aliphatic rings. The van der Waals surface area contributed by atoms with Crippen LogP contribution in [0.2, 0.25) is 0 Å². The van der Waals surface area contributed by atoms with Crippen molar-refractivity contribution in [1.82, 2.24) is 0 Å². The molecule has 0 heterocycles. The molecule has 2 fully saturated rings. The molecular weight excluding hydrogens is 144 g/mol. The summed E-state index contributed by atoms with van der Waals surface area (Å²) >= 11 is 0. The van der Waals surface area contributed by atoms with E-state index in [0.29, 0.717) is 0 Å². The molecule has 12 heavy (non-hydrogen) atoms. The van der Waals surface area contributed by atoms with Crippen LogP contribution in [-0.2, 0) is 0 Å². The molecule has 1 spiro atoms. The Morgan fingerprint density at radius 3 is 3.08 bits per heavy atom. The van der Waals surface area contributed by atoms with E-state index >= 15 is 0 Å². The third-order valence-electron chi connectivity index (χ3n) is 4.57. The summed E-state index contributed by atoms with van der Waals surface area (Å²) in [5.41, 5.74) is 2.63. The number of hydrogen-bond acceptors (Lipinski definition) is 0. The minimum absolute atomic E-state index is 0.762. The first-order chi connectivity index (χ1) is 5.92. The van der Waals surface area contributed by atoms with Crippen LogP contribution in [0.4, 0.5) is 0 Å². The molecule has 0 aromatic rings. The van der Waals surface area contributed by atoms with Crippen LogP contribution in [0.5, 0.6) is 0 Å². The van der Waals surface area contributed by atoms with Gasteiger partial charge in [0.25, 0.3) is 0 Å². The molecule has 2 atom stereocenters. The van der Waals surface area contributed by atoms with Gasteiger partial charge in [-0.25, -0.2) is 0 Å². The van der Waals surface area contributed by atoms with Gasteiger partial charge < -0.3 is 0 Å². The van der Waals surface area contributed by atoms with Gasteiger partial charge in [0.05, 0.1) is 0 Å². The second kappa shape index (κ2) is 2.37. The molecule has 0 N–H and O–H groups in total. The summed E-state index contributed by atoms with van der Waals surface area (Å²) in [7, 11) is 0. The van der Waals surface area contributed by atoms with Crippen molar-refractivity contribution in [3.05, 3.63) is 11.6 Å². The number of rotatable bonds is 0. The minimum atomic E-state index is 0.762. The van der Waals surface area contributed by atoms with Crippen molar-refractivity contribution in [3.8, 4) is 0 Å². The van der Waals surface area contributed by atoms with Crippen LogP contribution in [0, 0.1) is 11.3 Å². The Bertz CT molecular complexity index is 222. The van der Waals surface area contributed by atoms with Crippen LogP contribution in [0.3, 0.4) is 0 Å². The largest absolute Gasteiger partial charge is 0.0847 e. The highest BCUT2D eigenvalue weighted by atomic mass is 14.5. The molecule has 66 valence electrons. The van der Waals surface area contributed by atoms with E-state index in [4.69, 9.17) is 0 Å². The molecule has 0 saturated heterocycles. The molecule has 0 radical (unpaired) electrons. The van der Waals surface area contributed by atoms with Crippen LogP contribution >= 0.6 is 0 Å². The summed E-state index contributed by atoms with van der Waals surface area (Å²) in [4.78, 5) is 0. The van der Waals surface area contributed by atoms with Crippen molar-refractivity contribution in [1.29, 1.82) is 0 Å². The third kappa shape index (κ3) is 0.739. The van der Waals surface area contributed by atoms with Crippen LogP contribution in [-0.4, -0.2) is 0 Å². The quantitative estimate of drug-likeness (QED) is 0.477. The summed E-state index contributed by atoms with van der Waals surface area (Å²) < 4.78 is 0. The Morgan fingerprint density at radius 2 is 2.08 bits per heavy atom. The molecule has 3 aliphatic carbocycles. The lowest BCUT2D eigenvalue weighted by atomic mass is 9.68. The Labute approximate surface area is 75.0 Å². The molecule has 3 rings (SSSR count). The van der Waals surface area contributed by atoms with E-state index in [1.165, 1.54) is 51.4 Å². The predicted molar refractivity (Wildman–Crippen MR) is 50.9 cm³/mol. The maximum absolute atomic E-state index is 2.58. The highest BCUT2D eigenvalue weighted by molar-refractivity contribution is 5.25. The van der Waals surface area contributed by atoms with Crippen LogP contribution in [0.1, 0.15) is 51.4 Å². The van der Waals surface area contributed by atoms with E-state index in [1.807, 2.05) is 5.57 Å². The standard InChI is InChI=1S/C12H18/c1-4-10-6-2-8-12(10)9-3-7-11(12)5-1/h4,11H,1-3,5-9H2. The van der Waals surface area contributed by atoms with Crippen LogP contribution in [0.15, 0.2) is 11.6 Å². The van der Waals surface area contributed by atoms with E-state index in [2.05, 4.69) is 6.08 Å². The van der Waals surface area contributed by atoms with Gasteiger partial charge in [0.1, 0.15) is 0 Å². The maximum Gasteiger partial charge on any atom is -0.00596 e. The van der Waals surface area contributed by atoms with Gasteiger partial charge in [-0.2, -0.15) is 0 Å². The van der Waals surface area contributed by atoms with Crippen LogP contribution < -0.4 is 0 Å². The molecule has 0 heteroatoms. The molecule has 0 aromatic carbocycles. The second-order valence-corrected chi connectivity index (χ2v) is 4.91. The van der Waals surface area contributed by atoms with Crippen molar-refractivity contribution in [2.24, 2.45) is 11.3 Å². The van der Waals surface area contributed by atoms with E-state index < -0.39 is 0 Å². The Morgan fingerprint density at radius 1 is 1.17 bits per heavy atom. The van der Waals surface area contributed by atoms with Gasteiger partial charge in [-0.3, -0.25) is 0 Å². The molecule has 2 saturated carbocycles. The third-order valence-corrected chi connectivity index (χ3v) is 4.57. The van der Waals surface area contributed by atoms with Gasteiger partial charge in [-0.05, 0) is 56.3 Å². The van der Waals surface area contributed by atoms with E-state index in [0.717, 1.165) is 11.3 Å².